The lowest BCUT2D eigenvalue weighted by molar-refractivity contribution is -0.139. The largest absolute Gasteiger partial charge is 0.465 e. The summed E-state index contributed by atoms with van der Waals surface area (Å²) >= 11 is 1.10. The SMILES string of the molecule is CCOC(=O)CSc1nnc([C@@H](NC(=O)OC(C)(C)C)[C@H](C)CC)o1. The molecule has 1 aromatic heterocycles. The molecule has 1 aromatic rings. The Hall–Kier alpha value is -1.77. The van der Waals surface area contributed by atoms with E-state index in [0.29, 0.717) is 6.61 Å². The minimum Gasteiger partial charge on any atom is -0.465 e. The number of nitrogens with one attached hydrogen (secondary N) is 1. The van der Waals surface area contributed by atoms with Gasteiger partial charge in [0.2, 0.25) is 5.89 Å². The second kappa shape index (κ2) is 9.65. The number of esters is 1. The first-order valence-corrected chi connectivity index (χ1v) is 9.26. The van der Waals surface area contributed by atoms with Crippen molar-refractivity contribution in [3.63, 3.8) is 0 Å². The fourth-order valence-corrected chi connectivity index (χ4v) is 2.41. The third kappa shape index (κ3) is 7.76. The number of alkyl carbamates (subject to hydrolysis) is 1. The van der Waals surface area contributed by atoms with Gasteiger partial charge in [0.05, 0.1) is 6.61 Å². The van der Waals surface area contributed by atoms with Gasteiger partial charge in [0.15, 0.2) is 0 Å². The van der Waals surface area contributed by atoms with Gasteiger partial charge < -0.3 is 19.2 Å². The van der Waals surface area contributed by atoms with Gasteiger partial charge in [-0.15, -0.1) is 10.2 Å². The maximum Gasteiger partial charge on any atom is 0.408 e. The van der Waals surface area contributed by atoms with Crippen LogP contribution in [0.1, 0.15) is 59.9 Å². The first-order valence-electron chi connectivity index (χ1n) is 8.27. The number of amides is 1. The van der Waals surface area contributed by atoms with Gasteiger partial charge in [-0.1, -0.05) is 32.0 Å². The first-order chi connectivity index (χ1) is 11.7. The van der Waals surface area contributed by atoms with E-state index in [9.17, 15) is 9.59 Å². The fourth-order valence-electron chi connectivity index (χ4n) is 1.85. The molecule has 0 saturated carbocycles. The van der Waals surface area contributed by atoms with Crippen LogP contribution in [-0.4, -0.2) is 40.2 Å². The van der Waals surface area contributed by atoms with E-state index in [0.717, 1.165) is 18.2 Å². The molecule has 0 radical (unpaired) electrons. The van der Waals surface area contributed by atoms with Gasteiger partial charge in [0, 0.05) is 0 Å². The molecule has 0 spiro atoms. The quantitative estimate of drug-likeness (QED) is 0.546. The monoisotopic (exact) mass is 373 g/mol. The Morgan fingerprint density at radius 3 is 2.52 bits per heavy atom. The number of aromatic nitrogens is 2. The molecule has 142 valence electrons. The van der Waals surface area contributed by atoms with Crippen LogP contribution in [0.5, 0.6) is 0 Å². The highest BCUT2D eigenvalue weighted by molar-refractivity contribution is 7.99. The summed E-state index contributed by atoms with van der Waals surface area (Å²) in [6.07, 6.45) is 0.255. The summed E-state index contributed by atoms with van der Waals surface area (Å²) in [5.74, 6) is 0.0863. The smallest absolute Gasteiger partial charge is 0.408 e. The summed E-state index contributed by atoms with van der Waals surface area (Å²) < 4.78 is 15.7. The van der Waals surface area contributed by atoms with Gasteiger partial charge in [-0.2, -0.15) is 0 Å². The minimum atomic E-state index is -0.598. The summed E-state index contributed by atoms with van der Waals surface area (Å²) in [4.78, 5) is 23.5. The Labute approximate surface area is 152 Å². The molecule has 0 aliphatic carbocycles. The number of carbonyl (C=O) groups excluding carboxylic acids is 2. The lowest BCUT2D eigenvalue weighted by Crippen LogP contribution is -2.37. The zero-order chi connectivity index (χ0) is 19.0. The van der Waals surface area contributed by atoms with E-state index >= 15 is 0 Å². The molecule has 0 aromatic carbocycles. The van der Waals surface area contributed by atoms with E-state index in [1.54, 1.807) is 27.7 Å². The first kappa shape index (κ1) is 21.3. The van der Waals surface area contributed by atoms with Crippen molar-refractivity contribution < 1.29 is 23.5 Å². The molecular formula is C16H27N3O5S. The van der Waals surface area contributed by atoms with Crippen molar-refractivity contribution in [2.45, 2.75) is 64.8 Å². The van der Waals surface area contributed by atoms with Crippen LogP contribution in [0, 0.1) is 5.92 Å². The number of nitrogens with zero attached hydrogens (tertiary/aromatic N) is 2. The van der Waals surface area contributed by atoms with Crippen LogP contribution < -0.4 is 5.32 Å². The van der Waals surface area contributed by atoms with Crippen molar-refractivity contribution in [3.05, 3.63) is 5.89 Å². The molecule has 0 saturated heterocycles. The highest BCUT2D eigenvalue weighted by atomic mass is 32.2. The van der Waals surface area contributed by atoms with E-state index in [-0.39, 0.29) is 28.8 Å². The average Bonchev–Trinajstić information content (AvgIpc) is 2.97. The number of rotatable bonds is 8. The van der Waals surface area contributed by atoms with E-state index in [1.807, 2.05) is 13.8 Å². The van der Waals surface area contributed by atoms with E-state index < -0.39 is 17.7 Å². The molecular weight excluding hydrogens is 346 g/mol. The summed E-state index contributed by atoms with van der Waals surface area (Å²) in [5.41, 5.74) is -0.598. The Balaban J connectivity index is 2.76. The van der Waals surface area contributed by atoms with Crippen molar-refractivity contribution >= 4 is 23.8 Å². The third-order valence-corrected chi connectivity index (χ3v) is 3.98. The molecule has 1 amide bonds. The van der Waals surface area contributed by atoms with Gasteiger partial charge in [-0.05, 0) is 33.6 Å². The van der Waals surface area contributed by atoms with Crippen LogP contribution in [0.2, 0.25) is 0 Å². The number of hydrogen-bond acceptors (Lipinski definition) is 8. The van der Waals surface area contributed by atoms with Crippen molar-refractivity contribution in [2.24, 2.45) is 5.92 Å². The second-order valence-electron chi connectivity index (χ2n) is 6.51. The summed E-state index contributed by atoms with van der Waals surface area (Å²) in [5, 5.41) is 10.9. The fraction of sp³-hybridized carbons (Fsp3) is 0.750. The molecule has 0 bridgehead atoms. The molecule has 1 N–H and O–H groups in total. The maximum absolute atomic E-state index is 12.1. The van der Waals surface area contributed by atoms with Crippen LogP contribution in [0.3, 0.4) is 0 Å². The molecule has 0 unspecified atom stereocenters. The van der Waals surface area contributed by atoms with E-state index in [2.05, 4.69) is 15.5 Å². The molecule has 8 nitrogen and oxygen atoms in total. The Kier molecular flexibility index (Phi) is 8.21. The zero-order valence-electron chi connectivity index (χ0n) is 15.6. The van der Waals surface area contributed by atoms with Crippen LogP contribution in [0.4, 0.5) is 4.79 Å². The minimum absolute atomic E-state index is 0.0656. The van der Waals surface area contributed by atoms with Crippen molar-refractivity contribution in [1.29, 1.82) is 0 Å². The predicted molar refractivity (Wildman–Crippen MR) is 93.2 cm³/mol. The molecule has 25 heavy (non-hydrogen) atoms. The second-order valence-corrected chi connectivity index (χ2v) is 7.44. The van der Waals surface area contributed by atoms with Gasteiger partial charge in [0.1, 0.15) is 17.4 Å². The third-order valence-electron chi connectivity index (χ3n) is 3.19. The lowest BCUT2D eigenvalue weighted by atomic mass is 9.99. The van der Waals surface area contributed by atoms with Crippen molar-refractivity contribution in [2.75, 3.05) is 12.4 Å². The molecule has 0 aliphatic heterocycles. The summed E-state index contributed by atoms with van der Waals surface area (Å²) in [6, 6.07) is -0.468. The van der Waals surface area contributed by atoms with Crippen LogP contribution in [-0.2, 0) is 14.3 Å². The number of thioether (sulfide) groups is 1. The molecule has 1 heterocycles. The van der Waals surface area contributed by atoms with E-state index in [1.165, 1.54) is 0 Å². The predicted octanol–water partition coefficient (Wildman–Crippen LogP) is 3.34. The highest BCUT2D eigenvalue weighted by Crippen LogP contribution is 2.26. The summed E-state index contributed by atoms with van der Waals surface area (Å²) in [6.45, 7) is 11.4. The standard InChI is InChI=1S/C16H27N3O5S/c1-7-10(3)12(17-14(21)24-16(4,5)6)13-18-19-15(23-13)25-9-11(20)22-8-2/h10,12H,7-9H2,1-6H3,(H,17,21)/t10-,12+/m1/s1. The maximum atomic E-state index is 12.1. The highest BCUT2D eigenvalue weighted by Gasteiger charge is 2.28. The molecule has 9 heteroatoms. The Bertz CT molecular complexity index is 570. The van der Waals surface area contributed by atoms with Crippen molar-refractivity contribution in [1.82, 2.24) is 15.5 Å². The topological polar surface area (TPSA) is 104 Å². The van der Waals surface area contributed by atoms with Gasteiger partial charge >= 0.3 is 12.1 Å². The summed E-state index contributed by atoms with van der Waals surface area (Å²) in [7, 11) is 0. The van der Waals surface area contributed by atoms with Gasteiger partial charge in [-0.25, -0.2) is 4.79 Å². The lowest BCUT2D eigenvalue weighted by Gasteiger charge is -2.24. The van der Waals surface area contributed by atoms with Gasteiger partial charge in [0.25, 0.3) is 5.22 Å². The Morgan fingerprint density at radius 2 is 1.96 bits per heavy atom. The van der Waals surface area contributed by atoms with Crippen LogP contribution >= 0.6 is 11.8 Å². The normalized spacial score (nSPS) is 13.8. The molecule has 2 atom stereocenters. The molecule has 0 aliphatic rings. The Morgan fingerprint density at radius 1 is 1.28 bits per heavy atom. The number of hydrogen-bond donors (Lipinski definition) is 1. The number of ether oxygens (including phenoxy) is 2. The van der Waals surface area contributed by atoms with Crippen LogP contribution in [0.25, 0.3) is 0 Å². The van der Waals surface area contributed by atoms with E-state index in [4.69, 9.17) is 13.9 Å². The molecule has 0 fully saturated rings. The average molecular weight is 373 g/mol. The number of carbonyl (C=O) groups is 2. The zero-order valence-corrected chi connectivity index (χ0v) is 16.4. The molecule has 1 rings (SSSR count). The van der Waals surface area contributed by atoms with Crippen molar-refractivity contribution in [3.8, 4) is 0 Å². The van der Waals surface area contributed by atoms with Crippen LogP contribution in [0.15, 0.2) is 9.64 Å². The van der Waals surface area contributed by atoms with Gasteiger partial charge in [-0.3, -0.25) is 4.79 Å².